The quantitative estimate of drug-likeness (QED) is 0.489. The van der Waals surface area contributed by atoms with E-state index in [1.807, 2.05) is 6.92 Å². The van der Waals surface area contributed by atoms with Crippen LogP contribution in [0.15, 0.2) is 24.0 Å². The summed E-state index contributed by atoms with van der Waals surface area (Å²) in [5.74, 6) is -0.115. The van der Waals surface area contributed by atoms with Gasteiger partial charge in [0.25, 0.3) is 5.91 Å². The van der Waals surface area contributed by atoms with Crippen LogP contribution < -0.4 is 5.32 Å². The second-order valence-corrected chi connectivity index (χ2v) is 6.01. The molecule has 1 fully saturated rings. The van der Waals surface area contributed by atoms with Crippen molar-refractivity contribution < 1.29 is 66.9 Å². The van der Waals surface area contributed by atoms with Gasteiger partial charge in [-0.05, 0) is 12.8 Å². The summed E-state index contributed by atoms with van der Waals surface area (Å²) in [5, 5.41) is 13.7. The van der Waals surface area contributed by atoms with Gasteiger partial charge in [0.1, 0.15) is 11.3 Å². The number of carbonyl (C=O) groups is 2. The van der Waals surface area contributed by atoms with E-state index in [1.54, 1.807) is 23.1 Å². The molecule has 1 aromatic carbocycles. The third-order valence-electron chi connectivity index (χ3n) is 4.67. The van der Waals surface area contributed by atoms with E-state index in [2.05, 4.69) is 11.4 Å². The van der Waals surface area contributed by atoms with Crippen molar-refractivity contribution in [1.29, 1.82) is 0 Å². The molecular formula is C18H22N2O3YZn-2. The standard InChI is InChI=1S/C17H19N2O3.CH3.Y.Zn/c1-11-5-3-4-6-13(11)14-15(21)17(18-16(14)22)7-9-19(10-8-17)12(2)20;;;/h4-6,21H,7-10H2,1-2H3,(H,18,22);1H3;;/q2*-1;;. The van der Waals surface area contributed by atoms with Gasteiger partial charge in [-0.3, -0.25) is 9.59 Å². The van der Waals surface area contributed by atoms with Gasteiger partial charge in [0.2, 0.25) is 5.91 Å². The largest absolute Gasteiger partial charge is 0.509 e. The number of rotatable bonds is 1. The van der Waals surface area contributed by atoms with E-state index in [1.165, 1.54) is 6.92 Å². The Hall–Kier alpha value is -0.573. The molecule has 2 aliphatic rings. The van der Waals surface area contributed by atoms with Gasteiger partial charge in [0.15, 0.2) is 0 Å². The summed E-state index contributed by atoms with van der Waals surface area (Å²) in [5.41, 5.74) is 1.25. The fraction of sp³-hybridized carbons (Fsp3) is 0.389. The van der Waals surface area contributed by atoms with E-state index in [-0.39, 0.29) is 77.2 Å². The molecule has 2 aliphatic heterocycles. The van der Waals surface area contributed by atoms with Crippen molar-refractivity contribution in [3.05, 3.63) is 48.6 Å². The Morgan fingerprint density at radius 3 is 2.48 bits per heavy atom. The van der Waals surface area contributed by atoms with Crippen LogP contribution in [0.5, 0.6) is 0 Å². The first-order valence-corrected chi connectivity index (χ1v) is 7.43. The third kappa shape index (κ3) is 4.40. The first-order valence-electron chi connectivity index (χ1n) is 7.43. The fourth-order valence-electron chi connectivity index (χ4n) is 3.30. The summed E-state index contributed by atoms with van der Waals surface area (Å²) >= 11 is 0. The maximum Gasteiger partial charge on any atom is 0.254 e. The molecule has 0 saturated carbocycles. The molecule has 1 aromatic rings. The van der Waals surface area contributed by atoms with E-state index in [9.17, 15) is 14.7 Å². The number of amides is 2. The predicted molar refractivity (Wildman–Crippen MR) is 88.3 cm³/mol. The molecule has 2 heterocycles. The monoisotopic (exact) mass is 467 g/mol. The minimum Gasteiger partial charge on any atom is -0.509 e. The van der Waals surface area contributed by atoms with Crippen LogP contribution in [0.3, 0.4) is 0 Å². The van der Waals surface area contributed by atoms with Crippen LogP contribution in [0.1, 0.15) is 30.9 Å². The average Bonchev–Trinajstić information content (AvgIpc) is 2.72. The van der Waals surface area contributed by atoms with Gasteiger partial charge < -0.3 is 22.7 Å². The molecule has 2 N–H and O–H groups in total. The first kappa shape index (κ1) is 24.4. The van der Waals surface area contributed by atoms with Crippen molar-refractivity contribution in [1.82, 2.24) is 10.2 Å². The summed E-state index contributed by atoms with van der Waals surface area (Å²) in [6, 6.07) is 8.29. The smallest absolute Gasteiger partial charge is 0.254 e. The summed E-state index contributed by atoms with van der Waals surface area (Å²) in [6.45, 7) is 4.50. The third-order valence-corrected chi connectivity index (χ3v) is 4.67. The van der Waals surface area contributed by atoms with Crippen molar-refractivity contribution in [2.75, 3.05) is 13.1 Å². The Morgan fingerprint density at radius 2 is 1.96 bits per heavy atom. The van der Waals surface area contributed by atoms with Gasteiger partial charge in [0.05, 0.1) is 5.57 Å². The molecule has 5 nitrogen and oxygen atoms in total. The number of hydrogen-bond acceptors (Lipinski definition) is 3. The molecule has 0 aromatic heterocycles. The SMILES string of the molecule is CC(=O)N1CCC2(CC1)NC(=O)C(c1cc[c-]cc1C)=C2O.[CH3-].[Y].[Zn]. The number of hydrogen-bond donors (Lipinski definition) is 2. The molecule has 129 valence electrons. The van der Waals surface area contributed by atoms with Crippen molar-refractivity contribution in [3.8, 4) is 0 Å². The normalized spacial score (nSPS) is 18.0. The second kappa shape index (κ2) is 9.39. The number of nitrogens with one attached hydrogen (secondary N) is 1. The molecule has 1 radical (unpaired) electrons. The van der Waals surface area contributed by atoms with E-state index in [0.29, 0.717) is 31.5 Å². The van der Waals surface area contributed by atoms with E-state index in [4.69, 9.17) is 0 Å². The molecule has 2 amide bonds. The van der Waals surface area contributed by atoms with Crippen molar-refractivity contribution in [2.45, 2.75) is 32.2 Å². The predicted octanol–water partition coefficient (Wildman–Crippen LogP) is 2.02. The average molecular weight is 469 g/mol. The number of aliphatic hydroxyl groups is 1. The molecule has 0 unspecified atom stereocenters. The minimum atomic E-state index is -0.732. The summed E-state index contributed by atoms with van der Waals surface area (Å²) < 4.78 is 0. The van der Waals surface area contributed by atoms with Gasteiger partial charge >= 0.3 is 0 Å². The number of aliphatic hydroxyl groups excluding tert-OH is 1. The summed E-state index contributed by atoms with van der Waals surface area (Å²) in [6.07, 6.45) is 1.07. The van der Waals surface area contributed by atoms with Crippen LogP contribution in [-0.4, -0.2) is 40.4 Å². The van der Waals surface area contributed by atoms with Crippen LogP contribution in [0.2, 0.25) is 0 Å². The van der Waals surface area contributed by atoms with E-state index in [0.717, 1.165) is 11.1 Å². The van der Waals surface area contributed by atoms with Gasteiger partial charge in [0, 0.05) is 72.2 Å². The molecule has 7 heteroatoms. The topological polar surface area (TPSA) is 69.6 Å². The van der Waals surface area contributed by atoms with E-state index >= 15 is 0 Å². The van der Waals surface area contributed by atoms with Gasteiger partial charge in [-0.2, -0.15) is 29.8 Å². The maximum absolute atomic E-state index is 12.4. The maximum atomic E-state index is 12.4. The van der Waals surface area contributed by atoms with Crippen LogP contribution in [0.4, 0.5) is 0 Å². The fourth-order valence-corrected chi connectivity index (χ4v) is 3.30. The van der Waals surface area contributed by atoms with E-state index < -0.39 is 5.54 Å². The van der Waals surface area contributed by atoms with Crippen LogP contribution in [0, 0.1) is 20.4 Å². The van der Waals surface area contributed by atoms with Gasteiger partial charge in [-0.25, -0.2) is 0 Å². The Bertz CT molecular complexity index is 683. The molecule has 1 spiro atoms. The number of likely N-dealkylation sites (tertiary alicyclic amines) is 1. The van der Waals surface area contributed by atoms with Crippen molar-refractivity contribution in [3.63, 3.8) is 0 Å². The Morgan fingerprint density at radius 1 is 1.36 bits per heavy atom. The number of nitrogens with zero attached hydrogens (tertiary/aromatic N) is 1. The zero-order chi connectivity index (χ0) is 15.9. The number of carbonyl (C=O) groups excluding carboxylic acids is 2. The number of piperidine rings is 1. The Labute approximate surface area is 187 Å². The Kier molecular flexibility index (Phi) is 9.17. The molecular weight excluding hydrogens is 447 g/mol. The number of aryl methyl sites for hydroxylation is 1. The Balaban J connectivity index is 0.00000192. The number of benzene rings is 1. The molecule has 25 heavy (non-hydrogen) atoms. The molecule has 3 rings (SSSR count). The van der Waals surface area contributed by atoms with Crippen LogP contribution in [-0.2, 0) is 61.8 Å². The zero-order valence-corrected chi connectivity index (χ0v) is 20.9. The summed E-state index contributed by atoms with van der Waals surface area (Å²) in [7, 11) is 0. The molecule has 0 atom stereocenters. The van der Waals surface area contributed by atoms with Crippen LogP contribution >= 0.6 is 0 Å². The van der Waals surface area contributed by atoms with Crippen molar-refractivity contribution in [2.24, 2.45) is 0 Å². The van der Waals surface area contributed by atoms with Crippen molar-refractivity contribution >= 4 is 17.4 Å². The van der Waals surface area contributed by atoms with Gasteiger partial charge in [-0.15, -0.1) is 5.56 Å². The molecule has 1 saturated heterocycles. The van der Waals surface area contributed by atoms with Crippen LogP contribution in [0.25, 0.3) is 5.57 Å². The molecule has 0 bridgehead atoms. The minimum absolute atomic E-state index is 0. The molecule has 0 aliphatic carbocycles. The zero-order valence-electron chi connectivity index (χ0n) is 15.1. The summed E-state index contributed by atoms with van der Waals surface area (Å²) in [4.78, 5) is 25.6. The van der Waals surface area contributed by atoms with Gasteiger partial charge in [-0.1, -0.05) is 6.92 Å². The first-order chi connectivity index (χ1) is 10.4. The second-order valence-electron chi connectivity index (χ2n) is 6.01.